The fraction of sp³-hybridized carbons (Fsp3) is 0.714. The van der Waals surface area contributed by atoms with E-state index in [1.807, 2.05) is 0 Å². The molecule has 0 aromatic carbocycles. The Morgan fingerprint density at radius 1 is 0.714 bits per heavy atom. The molecular weight excluding hydrogens is 545 g/mol. The van der Waals surface area contributed by atoms with Crippen LogP contribution in [0.25, 0.3) is 16.0 Å². The summed E-state index contributed by atoms with van der Waals surface area (Å²) >= 11 is -8.40. The van der Waals surface area contributed by atoms with E-state index in [9.17, 15) is 39.5 Å². The number of allylic oxidation sites excluding steroid dienone is 4. The molecule has 28 heavy (non-hydrogen) atoms. The molecule has 0 unspecified atom stereocenters. The Bertz CT molecular complexity index is 406. The first-order chi connectivity index (χ1) is 12.1. The summed E-state index contributed by atoms with van der Waals surface area (Å²) < 4.78 is 111. The largest absolute Gasteiger partial charge is 4.00 e. The zero-order chi connectivity index (χ0) is 22.5. The first kappa shape index (κ1) is 35.6. The predicted molar refractivity (Wildman–Crippen MR) is 90.1 cm³/mol. The average Bonchev–Trinajstić information content (AvgIpc) is 2.90. The van der Waals surface area contributed by atoms with Crippen LogP contribution in [0, 0.1) is 6.08 Å². The van der Waals surface area contributed by atoms with E-state index in [4.69, 9.17) is 0 Å². The third-order valence-corrected chi connectivity index (χ3v) is 10.1. The van der Waals surface area contributed by atoms with E-state index in [-0.39, 0.29) is 32.3 Å². The van der Waals surface area contributed by atoms with Gasteiger partial charge in [0.15, 0.2) is 0 Å². The maximum absolute atomic E-state index is 12.6. The molecule has 0 aliphatic heterocycles. The number of halogens is 9. The first-order valence-corrected chi connectivity index (χ1v) is 11.2. The third kappa shape index (κ3) is 10.3. The maximum Gasteiger partial charge on any atom is 4.00 e. The van der Waals surface area contributed by atoms with E-state index in [1.54, 1.807) is 48.4 Å². The van der Waals surface area contributed by atoms with Gasteiger partial charge in [-0.1, -0.05) is 0 Å². The van der Waals surface area contributed by atoms with Crippen molar-refractivity contribution in [3.05, 3.63) is 38.6 Å². The van der Waals surface area contributed by atoms with E-state index in [0.29, 0.717) is 0 Å². The summed E-state index contributed by atoms with van der Waals surface area (Å²) in [5, 5.41) is -8.60. The standard InChI is InChI=1S/C8H4F9Ge.3C2H6N.Zr/c9-6(10,11)18(7(12,13)14,8(15,16)17)5-3-1-2-4-5;3*1-3-2;/h1,3H,2H2;3*1-2H3;/q4*-1;+4. The summed E-state index contributed by atoms with van der Waals surface area (Å²) in [6.45, 7) is 0. The van der Waals surface area contributed by atoms with Gasteiger partial charge in [-0.15, -0.1) is 0 Å². The van der Waals surface area contributed by atoms with Gasteiger partial charge in [0, 0.05) is 0 Å². The summed E-state index contributed by atoms with van der Waals surface area (Å²) in [6, 6.07) is 0. The van der Waals surface area contributed by atoms with Crippen LogP contribution in [0.5, 0.6) is 0 Å². The molecule has 1 aliphatic carbocycles. The van der Waals surface area contributed by atoms with E-state index in [2.05, 4.69) is 16.0 Å². The van der Waals surface area contributed by atoms with Crippen molar-refractivity contribution < 1.29 is 65.7 Å². The van der Waals surface area contributed by atoms with Crippen molar-refractivity contribution in [2.45, 2.75) is 21.4 Å². The van der Waals surface area contributed by atoms with Crippen molar-refractivity contribution in [3.63, 3.8) is 0 Å². The summed E-state index contributed by atoms with van der Waals surface area (Å²) in [5.74, 6) is 0. The number of hydrogen-bond acceptors (Lipinski definition) is 0. The minimum absolute atomic E-state index is 0. The van der Waals surface area contributed by atoms with Crippen molar-refractivity contribution in [2.75, 3.05) is 42.3 Å². The van der Waals surface area contributed by atoms with Gasteiger partial charge in [0.1, 0.15) is 0 Å². The zero-order valence-corrected chi connectivity index (χ0v) is 20.7. The normalized spacial score (nSPS) is 13.6. The van der Waals surface area contributed by atoms with Crippen LogP contribution in [0.3, 0.4) is 0 Å². The van der Waals surface area contributed by atoms with Gasteiger partial charge in [0.25, 0.3) is 0 Å². The molecule has 0 saturated heterocycles. The zero-order valence-electron chi connectivity index (χ0n) is 16.1. The molecular formula is C14H22F9GeN3Zr. The molecule has 0 atom stereocenters. The average molecular weight is 567 g/mol. The summed E-state index contributed by atoms with van der Waals surface area (Å²) in [4.78, 5) is 0. The molecule has 0 radical (unpaired) electrons. The fourth-order valence-corrected chi connectivity index (χ4v) is 7.09. The van der Waals surface area contributed by atoms with Crippen LogP contribution in [-0.4, -0.2) is 70.6 Å². The Hall–Kier alpha value is 0.156. The molecule has 14 heteroatoms. The van der Waals surface area contributed by atoms with E-state index in [1.165, 1.54) is 0 Å². The van der Waals surface area contributed by atoms with Crippen LogP contribution >= 0.6 is 0 Å². The van der Waals surface area contributed by atoms with Gasteiger partial charge in [-0.3, -0.25) is 0 Å². The monoisotopic (exact) mass is 567 g/mol. The molecule has 0 aromatic rings. The minimum Gasteiger partial charge on any atom is 4.00 e. The molecule has 0 spiro atoms. The van der Waals surface area contributed by atoms with Crippen molar-refractivity contribution in [1.29, 1.82) is 0 Å². The van der Waals surface area contributed by atoms with Crippen molar-refractivity contribution in [1.82, 2.24) is 0 Å². The molecule has 0 N–H and O–H groups in total. The third-order valence-electron chi connectivity index (χ3n) is 2.37. The number of alkyl halides is 9. The van der Waals surface area contributed by atoms with Crippen LogP contribution in [0.2, 0.25) is 0 Å². The van der Waals surface area contributed by atoms with Gasteiger partial charge in [0.2, 0.25) is 0 Å². The maximum atomic E-state index is 12.6. The smallest absolute Gasteiger partial charge is 4.00 e. The molecule has 0 amide bonds. The molecule has 1 rings (SSSR count). The number of hydrogen-bond donors (Lipinski definition) is 0. The van der Waals surface area contributed by atoms with Crippen LogP contribution in [0.4, 0.5) is 39.5 Å². The van der Waals surface area contributed by atoms with Crippen molar-refractivity contribution in [2.24, 2.45) is 0 Å². The van der Waals surface area contributed by atoms with Gasteiger partial charge in [0.05, 0.1) is 0 Å². The Labute approximate surface area is 181 Å². The Morgan fingerprint density at radius 3 is 1.11 bits per heavy atom. The topological polar surface area (TPSA) is 42.3 Å². The Balaban J connectivity index is -0.000000245. The van der Waals surface area contributed by atoms with E-state index in [0.717, 1.165) is 6.08 Å². The van der Waals surface area contributed by atoms with Crippen LogP contribution in [0.1, 0.15) is 6.42 Å². The SMILES string of the molecule is C[N-]C.C[N-]C.C[N-]C.F[C](F)(F)[Ge]([C]1=[C-]CC=C1)([C](F)(F)F)[C](F)(F)F.[Zr+4]. The molecule has 3 nitrogen and oxygen atoms in total. The number of nitrogens with zero attached hydrogens (tertiary/aromatic N) is 3. The second-order valence-corrected chi connectivity index (χ2v) is 12.6. The Kier molecular flexibility index (Phi) is 20.2. The number of rotatable bonds is 1. The van der Waals surface area contributed by atoms with Crippen LogP contribution < -0.4 is 0 Å². The molecule has 0 saturated carbocycles. The van der Waals surface area contributed by atoms with Crippen molar-refractivity contribution >= 4 is 13.3 Å². The summed E-state index contributed by atoms with van der Waals surface area (Å²) in [5.41, 5.74) is 0. The first-order valence-electron chi connectivity index (χ1n) is 7.02. The van der Waals surface area contributed by atoms with Gasteiger partial charge in [-0.2, -0.15) is 42.3 Å². The van der Waals surface area contributed by atoms with E-state index >= 15 is 0 Å². The van der Waals surface area contributed by atoms with Gasteiger partial charge >= 0.3 is 123 Å². The molecule has 0 heterocycles. The minimum atomic E-state index is -8.40. The van der Waals surface area contributed by atoms with E-state index < -0.39 is 39.1 Å². The van der Waals surface area contributed by atoms with Crippen LogP contribution in [0.15, 0.2) is 16.6 Å². The second kappa shape index (κ2) is 15.9. The molecule has 0 bridgehead atoms. The second-order valence-electron chi connectivity index (χ2n) is 4.78. The van der Waals surface area contributed by atoms with Crippen LogP contribution in [-0.2, 0) is 26.2 Å². The van der Waals surface area contributed by atoms with Crippen molar-refractivity contribution in [3.8, 4) is 0 Å². The molecule has 1 aliphatic rings. The Morgan fingerprint density at radius 2 is 0.964 bits per heavy atom. The quantitative estimate of drug-likeness (QED) is 0.218. The predicted octanol–water partition coefficient (Wildman–Crippen LogP) is 5.82. The van der Waals surface area contributed by atoms with Gasteiger partial charge < -0.3 is 16.0 Å². The molecule has 0 fully saturated rings. The fourth-order valence-electron chi connectivity index (χ4n) is 1.60. The summed E-state index contributed by atoms with van der Waals surface area (Å²) in [6.07, 6.45) is 2.09. The summed E-state index contributed by atoms with van der Waals surface area (Å²) in [7, 11) is 10.5. The van der Waals surface area contributed by atoms with Gasteiger partial charge in [-0.25, -0.2) is 0 Å². The molecule has 164 valence electrons. The molecule has 0 aromatic heterocycles. The van der Waals surface area contributed by atoms with Gasteiger partial charge in [-0.05, 0) is 0 Å².